The van der Waals surface area contributed by atoms with E-state index in [0.29, 0.717) is 0 Å². The molecule has 0 bridgehead atoms. The number of azide groups is 1. The standard InChI is InChI=1S/C41H72N6O18/c1-17-13-20(46-38(56)65-41(10,11)12)26(50)32(30(17)60-33-18(2)24(48)27(51)21(57-33)14-43-36(54)63-39(4,5)6)62-35-29(53)31(23(59-35)16-45-47-42)61-34-19(3)25(49)28(52)22(58-34)15-44-37(55)64-40(7,8)9/h17-35,48-53H,13-16H2,1-12H3,(H,43,54)(H,44,55)(H,46,56)/t17?,18?,19-,20-,21?,22+,23-,24-,25+,26?,27-,28?,29+,30-,31?,32-,33-,34?,35+/m1/s1. The van der Waals surface area contributed by atoms with Crippen molar-refractivity contribution in [3.8, 4) is 0 Å². The Hall–Kier alpha value is -3.36. The summed E-state index contributed by atoms with van der Waals surface area (Å²) in [5.41, 5.74) is 6.70. The van der Waals surface area contributed by atoms with Crippen LogP contribution in [0.1, 0.15) is 89.5 Å². The van der Waals surface area contributed by atoms with Crippen LogP contribution in [0, 0.1) is 17.8 Å². The third-order valence-corrected chi connectivity index (χ3v) is 11.2. The van der Waals surface area contributed by atoms with Crippen LogP contribution in [-0.2, 0) is 42.6 Å². The molecule has 4 fully saturated rings. The van der Waals surface area contributed by atoms with Crippen molar-refractivity contribution in [2.75, 3.05) is 19.6 Å². The highest BCUT2D eigenvalue weighted by Gasteiger charge is 2.55. The Morgan fingerprint density at radius 1 is 0.585 bits per heavy atom. The molecule has 24 heteroatoms. The summed E-state index contributed by atoms with van der Waals surface area (Å²) in [6, 6.07) is -1.01. The summed E-state index contributed by atoms with van der Waals surface area (Å²) < 4.78 is 53.3. The molecule has 3 saturated heterocycles. The number of rotatable bonds is 13. The highest BCUT2D eigenvalue weighted by atomic mass is 16.8. The van der Waals surface area contributed by atoms with Crippen molar-refractivity contribution in [2.24, 2.45) is 22.9 Å². The monoisotopic (exact) mass is 936 g/mol. The molecular formula is C41H72N6O18. The van der Waals surface area contributed by atoms with Crippen LogP contribution in [0.15, 0.2) is 5.11 Å². The van der Waals surface area contributed by atoms with Gasteiger partial charge in [-0.15, -0.1) is 0 Å². The van der Waals surface area contributed by atoms with Crippen LogP contribution in [0.3, 0.4) is 0 Å². The molecule has 9 N–H and O–H groups in total. The van der Waals surface area contributed by atoms with Gasteiger partial charge >= 0.3 is 18.3 Å². The third-order valence-electron chi connectivity index (χ3n) is 11.2. The van der Waals surface area contributed by atoms with E-state index in [1.54, 1.807) is 76.2 Å². The number of nitrogens with one attached hydrogen (secondary N) is 3. The number of amides is 3. The molecule has 3 amide bonds. The number of aliphatic hydroxyl groups is 6. The summed E-state index contributed by atoms with van der Waals surface area (Å²) >= 11 is 0. The molecule has 0 aromatic heterocycles. The number of carbonyl (C=O) groups is 3. The van der Waals surface area contributed by atoms with Gasteiger partial charge in [-0.1, -0.05) is 25.9 Å². The van der Waals surface area contributed by atoms with Crippen molar-refractivity contribution in [2.45, 2.75) is 204 Å². The van der Waals surface area contributed by atoms with E-state index in [1.165, 1.54) is 6.92 Å². The number of alkyl carbamates (subject to hydrolysis) is 3. The second-order valence-corrected chi connectivity index (χ2v) is 20.2. The van der Waals surface area contributed by atoms with E-state index in [-0.39, 0.29) is 19.5 Å². The molecule has 0 radical (unpaired) electrons. The van der Waals surface area contributed by atoms with Crippen LogP contribution < -0.4 is 16.0 Å². The second kappa shape index (κ2) is 22.2. The highest BCUT2D eigenvalue weighted by Crippen LogP contribution is 2.39. The second-order valence-electron chi connectivity index (χ2n) is 20.2. The first kappa shape index (κ1) is 54.2. The summed E-state index contributed by atoms with van der Waals surface area (Å²) in [5, 5.41) is 79.0. The summed E-state index contributed by atoms with van der Waals surface area (Å²) in [6.45, 7) is 18.9. The Bertz CT molecular complexity index is 1640. The largest absolute Gasteiger partial charge is 0.444 e. The van der Waals surface area contributed by atoms with E-state index in [9.17, 15) is 50.6 Å². The SMILES string of the molecule is CC1[C@@H](O[C@@H]2C(C)C[C@@H](NC(=O)OC(C)(C)C)C(O)[C@H]2O[C@@H]2O[C@H](CN=[N+]=[N-])C(OC3O[C@@H](CNC(=O)OC(C)(C)C)C(O)[C@@H](O)[C@H]3C)[C@@H]2O)OC(CNC(=O)OC(C)(C)C)[C@@H](O)[C@@H]1O. The minimum atomic E-state index is -1.71. The Kier molecular flexibility index (Phi) is 18.5. The van der Waals surface area contributed by atoms with Crippen LogP contribution >= 0.6 is 0 Å². The molecule has 374 valence electrons. The van der Waals surface area contributed by atoms with E-state index >= 15 is 0 Å². The normalized spacial score (nSPS) is 39.1. The Morgan fingerprint density at radius 3 is 1.45 bits per heavy atom. The maximum absolute atomic E-state index is 13.0. The van der Waals surface area contributed by atoms with E-state index in [0.717, 1.165) is 0 Å². The summed E-state index contributed by atoms with van der Waals surface area (Å²) in [4.78, 5) is 40.6. The highest BCUT2D eigenvalue weighted by molar-refractivity contribution is 5.68. The molecule has 0 aromatic rings. The predicted octanol–water partition coefficient (Wildman–Crippen LogP) is 1.05. The lowest BCUT2D eigenvalue weighted by molar-refractivity contribution is -0.322. The van der Waals surface area contributed by atoms with E-state index in [4.69, 9.17) is 42.6 Å². The van der Waals surface area contributed by atoms with Crippen LogP contribution in [0.2, 0.25) is 0 Å². The van der Waals surface area contributed by atoms with Crippen LogP contribution in [0.4, 0.5) is 14.4 Å². The molecule has 4 rings (SSSR count). The van der Waals surface area contributed by atoms with E-state index in [2.05, 4.69) is 26.0 Å². The Balaban J connectivity index is 1.60. The number of carbonyl (C=O) groups excluding carboxylic acids is 3. The molecular weight excluding hydrogens is 864 g/mol. The zero-order valence-electron chi connectivity index (χ0n) is 39.2. The minimum absolute atomic E-state index is 0.106. The minimum Gasteiger partial charge on any atom is -0.444 e. The van der Waals surface area contributed by atoms with Gasteiger partial charge in [0.25, 0.3) is 0 Å². The van der Waals surface area contributed by atoms with Gasteiger partial charge in [0.2, 0.25) is 0 Å². The van der Waals surface area contributed by atoms with Crippen molar-refractivity contribution < 1.29 is 87.7 Å². The average molecular weight is 937 g/mol. The molecule has 0 spiro atoms. The van der Waals surface area contributed by atoms with Gasteiger partial charge in [-0.3, -0.25) is 0 Å². The zero-order valence-corrected chi connectivity index (χ0v) is 39.2. The van der Waals surface area contributed by atoms with Gasteiger partial charge in [-0.25, -0.2) is 14.4 Å². The van der Waals surface area contributed by atoms with Crippen molar-refractivity contribution in [1.29, 1.82) is 0 Å². The number of hydrogen-bond donors (Lipinski definition) is 9. The first-order chi connectivity index (χ1) is 30.0. The average Bonchev–Trinajstić information content (AvgIpc) is 3.46. The van der Waals surface area contributed by atoms with Crippen molar-refractivity contribution in [1.82, 2.24) is 16.0 Å². The number of aliphatic hydroxyl groups excluding tert-OH is 6. The molecule has 4 aliphatic rings. The number of hydrogen-bond acceptors (Lipinski definition) is 19. The molecule has 3 aliphatic heterocycles. The van der Waals surface area contributed by atoms with Gasteiger partial charge in [-0.05, 0) is 80.2 Å². The lowest BCUT2D eigenvalue weighted by Gasteiger charge is -2.48. The van der Waals surface area contributed by atoms with Crippen LogP contribution in [-0.4, -0.2) is 184 Å². The quantitative estimate of drug-likeness (QED) is 0.0539. The summed E-state index contributed by atoms with van der Waals surface area (Å²) in [6.07, 6.45) is -23.1. The lowest BCUT2D eigenvalue weighted by atomic mass is 9.80. The van der Waals surface area contributed by atoms with Gasteiger partial charge in [0.1, 0.15) is 65.6 Å². The van der Waals surface area contributed by atoms with Gasteiger partial charge in [0, 0.05) is 29.8 Å². The first-order valence-corrected chi connectivity index (χ1v) is 22.0. The Morgan fingerprint density at radius 2 is 1.00 bits per heavy atom. The molecule has 24 nitrogen and oxygen atoms in total. The lowest BCUT2D eigenvalue weighted by Crippen LogP contribution is -2.64. The van der Waals surface area contributed by atoms with E-state index < -0.39 is 158 Å². The van der Waals surface area contributed by atoms with Crippen molar-refractivity contribution in [3.05, 3.63) is 10.4 Å². The van der Waals surface area contributed by atoms with E-state index in [1.807, 2.05) is 0 Å². The fraction of sp³-hybridized carbons (Fsp3) is 0.927. The number of ether oxygens (including phenoxy) is 9. The topological polar surface area (TPSA) is 341 Å². The first-order valence-electron chi connectivity index (χ1n) is 22.0. The zero-order chi connectivity index (χ0) is 48.9. The van der Waals surface area contributed by atoms with Gasteiger partial charge < -0.3 is 89.2 Å². The van der Waals surface area contributed by atoms with Gasteiger partial charge in [0.15, 0.2) is 18.9 Å². The molecule has 65 heavy (non-hydrogen) atoms. The predicted molar refractivity (Wildman–Crippen MR) is 224 cm³/mol. The smallest absolute Gasteiger partial charge is 0.407 e. The van der Waals surface area contributed by atoms with Crippen molar-refractivity contribution in [3.63, 3.8) is 0 Å². The maximum atomic E-state index is 13.0. The fourth-order valence-corrected chi connectivity index (χ4v) is 7.89. The molecule has 0 aromatic carbocycles. The van der Waals surface area contributed by atoms with Crippen molar-refractivity contribution >= 4 is 18.3 Å². The number of nitrogens with zero attached hydrogens (tertiary/aromatic N) is 3. The van der Waals surface area contributed by atoms with Crippen LogP contribution in [0.5, 0.6) is 0 Å². The molecule has 7 unspecified atom stereocenters. The third kappa shape index (κ3) is 15.1. The van der Waals surface area contributed by atoms with Gasteiger partial charge in [-0.2, -0.15) is 0 Å². The summed E-state index contributed by atoms with van der Waals surface area (Å²) in [7, 11) is 0. The van der Waals surface area contributed by atoms with Crippen LogP contribution in [0.25, 0.3) is 10.4 Å². The fourth-order valence-electron chi connectivity index (χ4n) is 7.89. The molecule has 1 aliphatic carbocycles. The molecule has 19 atom stereocenters. The molecule has 3 heterocycles. The maximum Gasteiger partial charge on any atom is 0.407 e. The summed E-state index contributed by atoms with van der Waals surface area (Å²) in [5.74, 6) is -2.36. The van der Waals surface area contributed by atoms with Gasteiger partial charge in [0.05, 0.1) is 37.0 Å². The Labute approximate surface area is 378 Å². The molecule has 1 saturated carbocycles.